The Labute approximate surface area is 152 Å². The summed E-state index contributed by atoms with van der Waals surface area (Å²) in [5.74, 6) is 2.51. The Morgan fingerprint density at radius 2 is 2.15 bits per heavy atom. The molecule has 0 unspecified atom stereocenters. The first-order chi connectivity index (χ1) is 12.8. The van der Waals surface area contributed by atoms with E-state index in [-0.39, 0.29) is 0 Å². The van der Waals surface area contributed by atoms with Gasteiger partial charge in [0.25, 0.3) is 0 Å². The number of fused-ring (bicyclic) bond motifs is 1. The summed E-state index contributed by atoms with van der Waals surface area (Å²) >= 11 is 0. The third-order valence-electron chi connectivity index (χ3n) is 5.52. The first kappa shape index (κ1) is 15.6. The molecule has 3 aromatic heterocycles. The summed E-state index contributed by atoms with van der Waals surface area (Å²) in [5.41, 5.74) is 2.85. The number of hydrogen-bond acceptors (Lipinski definition) is 5. The van der Waals surface area contributed by atoms with Crippen molar-refractivity contribution >= 4 is 5.52 Å². The average molecular weight is 347 g/mol. The summed E-state index contributed by atoms with van der Waals surface area (Å²) in [5, 5.41) is 13.9. The van der Waals surface area contributed by atoms with Crippen molar-refractivity contribution in [2.24, 2.45) is 0 Å². The zero-order chi connectivity index (χ0) is 17.5. The van der Waals surface area contributed by atoms with Crippen LogP contribution in [0.1, 0.15) is 60.4 Å². The maximum atomic E-state index is 9.61. The highest BCUT2D eigenvalue weighted by atomic mass is 16.5. The van der Waals surface area contributed by atoms with E-state index < -0.39 is 0 Å². The highest BCUT2D eigenvalue weighted by Gasteiger charge is 2.32. The number of nitrogens with zero attached hydrogens (tertiary/aromatic N) is 5. The Morgan fingerprint density at radius 1 is 1.23 bits per heavy atom. The molecule has 6 nitrogen and oxygen atoms in total. The highest BCUT2D eigenvalue weighted by molar-refractivity contribution is 5.65. The third-order valence-corrected chi connectivity index (χ3v) is 5.52. The fourth-order valence-corrected chi connectivity index (χ4v) is 3.99. The molecule has 2 aliphatic rings. The van der Waals surface area contributed by atoms with Crippen LogP contribution in [0, 0.1) is 11.3 Å². The van der Waals surface area contributed by atoms with Crippen LogP contribution in [-0.4, -0.2) is 32.5 Å². The van der Waals surface area contributed by atoms with Crippen LogP contribution in [0.4, 0.5) is 0 Å². The molecule has 0 N–H and O–H groups in total. The first-order valence-electron chi connectivity index (χ1n) is 9.36. The lowest BCUT2D eigenvalue weighted by molar-refractivity contribution is 0.194. The van der Waals surface area contributed by atoms with E-state index in [9.17, 15) is 5.26 Å². The Bertz CT molecular complexity index is 978. The molecule has 4 heterocycles. The van der Waals surface area contributed by atoms with E-state index in [1.165, 1.54) is 12.8 Å². The largest absolute Gasteiger partial charge is 0.339 e. The van der Waals surface area contributed by atoms with Crippen LogP contribution in [0.2, 0.25) is 0 Å². The lowest BCUT2D eigenvalue weighted by Crippen LogP contribution is -2.34. The van der Waals surface area contributed by atoms with Crippen molar-refractivity contribution in [3.05, 3.63) is 53.4 Å². The molecule has 6 heteroatoms. The predicted octanol–water partition coefficient (Wildman–Crippen LogP) is 3.45. The van der Waals surface area contributed by atoms with Crippen molar-refractivity contribution in [3.63, 3.8) is 0 Å². The molecule has 1 aliphatic heterocycles. The van der Waals surface area contributed by atoms with Gasteiger partial charge < -0.3 is 8.92 Å². The van der Waals surface area contributed by atoms with Gasteiger partial charge in [-0.1, -0.05) is 11.2 Å². The zero-order valence-corrected chi connectivity index (χ0v) is 14.6. The summed E-state index contributed by atoms with van der Waals surface area (Å²) in [6.07, 6.45) is 8.65. The molecule has 0 radical (unpaired) electrons. The number of aromatic nitrogens is 3. The Morgan fingerprint density at radius 3 is 3.00 bits per heavy atom. The number of rotatable bonds is 4. The van der Waals surface area contributed by atoms with E-state index in [0.717, 1.165) is 60.8 Å². The van der Waals surface area contributed by atoms with Gasteiger partial charge in [-0.05, 0) is 44.4 Å². The monoisotopic (exact) mass is 347 g/mol. The van der Waals surface area contributed by atoms with Gasteiger partial charge in [0.2, 0.25) is 5.89 Å². The number of likely N-dealkylation sites (tertiary alicyclic amines) is 1. The molecular weight excluding hydrogens is 326 g/mol. The minimum atomic E-state index is 0.322. The van der Waals surface area contributed by atoms with E-state index in [2.05, 4.69) is 27.3 Å². The number of pyridine rings is 1. The molecule has 2 fully saturated rings. The van der Waals surface area contributed by atoms with Crippen molar-refractivity contribution in [1.29, 1.82) is 5.26 Å². The van der Waals surface area contributed by atoms with Gasteiger partial charge in [-0.2, -0.15) is 10.2 Å². The number of nitriles is 1. The fourth-order valence-electron chi connectivity index (χ4n) is 3.99. The molecular formula is C20H21N5O. The van der Waals surface area contributed by atoms with Crippen LogP contribution in [0.5, 0.6) is 0 Å². The van der Waals surface area contributed by atoms with Crippen LogP contribution in [0.25, 0.3) is 5.52 Å². The summed E-state index contributed by atoms with van der Waals surface area (Å²) in [6.45, 7) is 2.75. The molecule has 132 valence electrons. The quantitative estimate of drug-likeness (QED) is 0.723. The van der Waals surface area contributed by atoms with E-state index >= 15 is 0 Å². The summed E-state index contributed by atoms with van der Waals surface area (Å²) in [6, 6.07) is 8.35. The zero-order valence-electron chi connectivity index (χ0n) is 14.6. The van der Waals surface area contributed by atoms with Gasteiger partial charge >= 0.3 is 0 Å². The topological polar surface area (TPSA) is 70.4 Å². The first-order valence-corrected chi connectivity index (χ1v) is 9.36. The lowest BCUT2D eigenvalue weighted by atomic mass is 9.97. The Hall–Kier alpha value is -2.65. The van der Waals surface area contributed by atoms with Gasteiger partial charge in [0.05, 0.1) is 11.1 Å². The molecule has 1 atom stereocenters. The van der Waals surface area contributed by atoms with Crippen LogP contribution < -0.4 is 0 Å². The molecule has 1 saturated carbocycles. The molecule has 0 aromatic carbocycles. The van der Waals surface area contributed by atoms with E-state index in [1.54, 1.807) is 0 Å². The molecule has 3 aromatic rings. The molecule has 0 spiro atoms. The van der Waals surface area contributed by atoms with Crippen LogP contribution in [-0.2, 0) is 6.54 Å². The van der Waals surface area contributed by atoms with Gasteiger partial charge in [-0.15, -0.1) is 0 Å². The summed E-state index contributed by atoms with van der Waals surface area (Å²) in [7, 11) is 0. The van der Waals surface area contributed by atoms with Gasteiger partial charge in [-0.3, -0.25) is 4.90 Å². The molecule has 1 aliphatic carbocycles. The SMILES string of the molecule is N#Cc1c(CN2CCC[C@@H](c3noc(C4CC4)n3)C2)cn2ccccc12. The van der Waals surface area contributed by atoms with Gasteiger partial charge in [0.1, 0.15) is 6.07 Å². The lowest BCUT2D eigenvalue weighted by Gasteiger charge is -2.31. The number of piperidine rings is 1. The third kappa shape index (κ3) is 2.78. The standard InChI is InChI=1S/C20H21N5O/c21-10-17-16(13-25-9-2-1-5-18(17)25)12-24-8-3-4-15(11-24)19-22-20(26-23-19)14-6-7-14/h1-2,5,9,13-15H,3-4,6-8,11-12H2/t15-/m1/s1. The second-order valence-electron chi connectivity index (χ2n) is 7.47. The predicted molar refractivity (Wildman–Crippen MR) is 95.6 cm³/mol. The second-order valence-corrected chi connectivity index (χ2v) is 7.47. The van der Waals surface area contributed by atoms with Crippen LogP contribution >= 0.6 is 0 Å². The van der Waals surface area contributed by atoms with Gasteiger partial charge in [-0.25, -0.2) is 0 Å². The second kappa shape index (κ2) is 6.26. The molecule has 0 bridgehead atoms. The maximum Gasteiger partial charge on any atom is 0.229 e. The molecule has 26 heavy (non-hydrogen) atoms. The van der Waals surface area contributed by atoms with Gasteiger partial charge in [0, 0.05) is 42.9 Å². The molecule has 1 saturated heterocycles. The van der Waals surface area contributed by atoms with Crippen molar-refractivity contribution in [2.75, 3.05) is 13.1 Å². The molecule has 5 rings (SSSR count). The Balaban J connectivity index is 1.35. The fraction of sp³-hybridized carbons (Fsp3) is 0.450. The normalized spacial score (nSPS) is 21.1. The van der Waals surface area contributed by atoms with Crippen molar-refractivity contribution in [1.82, 2.24) is 19.4 Å². The van der Waals surface area contributed by atoms with Crippen molar-refractivity contribution in [3.8, 4) is 6.07 Å². The minimum absolute atomic E-state index is 0.322. The minimum Gasteiger partial charge on any atom is -0.339 e. The average Bonchev–Trinajstić information content (AvgIpc) is 3.29. The molecule has 0 amide bonds. The smallest absolute Gasteiger partial charge is 0.229 e. The van der Waals surface area contributed by atoms with Crippen molar-refractivity contribution < 1.29 is 4.52 Å². The number of hydrogen-bond donors (Lipinski definition) is 0. The summed E-state index contributed by atoms with van der Waals surface area (Å²) < 4.78 is 7.48. The summed E-state index contributed by atoms with van der Waals surface area (Å²) in [4.78, 5) is 7.06. The van der Waals surface area contributed by atoms with E-state index in [4.69, 9.17) is 4.52 Å². The van der Waals surface area contributed by atoms with Crippen molar-refractivity contribution in [2.45, 2.75) is 44.1 Å². The van der Waals surface area contributed by atoms with Crippen LogP contribution in [0.3, 0.4) is 0 Å². The highest BCUT2D eigenvalue weighted by Crippen LogP contribution is 2.39. The van der Waals surface area contributed by atoms with E-state index in [0.29, 0.717) is 11.8 Å². The van der Waals surface area contributed by atoms with Gasteiger partial charge in [0.15, 0.2) is 5.82 Å². The maximum absolute atomic E-state index is 9.61. The Kier molecular flexibility index (Phi) is 3.75. The van der Waals surface area contributed by atoms with Crippen LogP contribution in [0.15, 0.2) is 35.1 Å². The van der Waals surface area contributed by atoms with E-state index in [1.807, 2.05) is 28.8 Å².